The average molecular weight is 235 g/mol. The van der Waals surface area contributed by atoms with E-state index in [1.807, 2.05) is 0 Å². The molecule has 1 aromatic carbocycles. The summed E-state index contributed by atoms with van der Waals surface area (Å²) in [6.07, 6.45) is 0.0811. The number of carbonyl (C=O) groups is 1. The van der Waals surface area contributed by atoms with Crippen LogP contribution < -0.4 is 4.74 Å². The molecule has 5 heteroatoms. The smallest absolute Gasteiger partial charge is 0.181 e. The van der Waals surface area contributed by atoms with Gasteiger partial charge in [-0.1, -0.05) is 11.6 Å². The van der Waals surface area contributed by atoms with Gasteiger partial charge in [-0.05, 0) is 19.9 Å². The molecule has 0 N–H and O–H groups in total. The van der Waals surface area contributed by atoms with Crippen LogP contribution in [0.3, 0.4) is 0 Å². The highest BCUT2D eigenvalue weighted by atomic mass is 35.5. The average Bonchev–Trinajstić information content (AvgIpc) is 2.18. The first-order valence-electron chi connectivity index (χ1n) is 4.26. The summed E-state index contributed by atoms with van der Waals surface area (Å²) in [5, 5.41) is -0.509. The fourth-order valence-corrected chi connectivity index (χ4v) is 1.28. The lowest BCUT2D eigenvalue weighted by molar-refractivity contribution is 0.111. The SMILES string of the molecule is CC(C)Oc1c(C=O)cc(F)c(F)c1Cl. The molecule has 15 heavy (non-hydrogen) atoms. The summed E-state index contributed by atoms with van der Waals surface area (Å²) in [5.41, 5.74) is -0.104. The molecule has 0 atom stereocenters. The first-order chi connectivity index (χ1) is 6.97. The summed E-state index contributed by atoms with van der Waals surface area (Å²) in [4.78, 5) is 10.6. The van der Waals surface area contributed by atoms with E-state index in [-0.39, 0.29) is 17.4 Å². The molecule has 0 aliphatic rings. The van der Waals surface area contributed by atoms with E-state index in [1.165, 1.54) is 0 Å². The first kappa shape index (κ1) is 11.9. The number of benzene rings is 1. The molecule has 0 aliphatic heterocycles. The van der Waals surface area contributed by atoms with Crippen molar-refractivity contribution < 1.29 is 18.3 Å². The summed E-state index contributed by atoms with van der Waals surface area (Å²) in [5.74, 6) is -2.50. The van der Waals surface area contributed by atoms with E-state index in [0.717, 1.165) is 6.07 Å². The fraction of sp³-hybridized carbons (Fsp3) is 0.300. The van der Waals surface area contributed by atoms with Crippen LogP contribution in [0.15, 0.2) is 6.07 Å². The van der Waals surface area contributed by atoms with E-state index < -0.39 is 16.7 Å². The minimum atomic E-state index is -1.21. The molecule has 0 saturated heterocycles. The molecule has 1 aromatic rings. The van der Waals surface area contributed by atoms with Crippen LogP contribution in [0, 0.1) is 11.6 Å². The van der Waals surface area contributed by atoms with Gasteiger partial charge in [-0.15, -0.1) is 0 Å². The lowest BCUT2D eigenvalue weighted by atomic mass is 10.2. The van der Waals surface area contributed by atoms with Gasteiger partial charge in [0.05, 0.1) is 11.7 Å². The minimum absolute atomic E-state index is 0.104. The molecular weight excluding hydrogens is 226 g/mol. The second kappa shape index (κ2) is 4.57. The third kappa shape index (κ3) is 2.45. The van der Waals surface area contributed by atoms with E-state index in [2.05, 4.69) is 0 Å². The summed E-state index contributed by atoms with van der Waals surface area (Å²) in [6.45, 7) is 3.37. The maximum absolute atomic E-state index is 13.1. The van der Waals surface area contributed by atoms with Crippen LogP contribution in [0.4, 0.5) is 8.78 Å². The Bertz CT molecular complexity index is 391. The van der Waals surface area contributed by atoms with Crippen LogP contribution in [0.1, 0.15) is 24.2 Å². The molecule has 2 nitrogen and oxygen atoms in total. The zero-order valence-corrected chi connectivity index (χ0v) is 8.94. The molecule has 0 unspecified atom stereocenters. The third-order valence-corrected chi connectivity index (χ3v) is 1.96. The van der Waals surface area contributed by atoms with Crippen LogP contribution in [0.25, 0.3) is 0 Å². The maximum Gasteiger partial charge on any atom is 0.181 e. The molecule has 0 aliphatic carbocycles. The number of halogens is 3. The van der Waals surface area contributed by atoms with Crippen molar-refractivity contribution in [3.63, 3.8) is 0 Å². The Hall–Kier alpha value is -1.16. The van der Waals surface area contributed by atoms with Crippen LogP contribution >= 0.6 is 11.6 Å². The molecule has 0 fully saturated rings. The van der Waals surface area contributed by atoms with Crippen molar-refractivity contribution in [1.29, 1.82) is 0 Å². The summed E-state index contributed by atoms with van der Waals surface area (Å²) < 4.78 is 31.1. The Kier molecular flexibility index (Phi) is 3.63. The summed E-state index contributed by atoms with van der Waals surface area (Å²) in [7, 11) is 0. The number of ether oxygens (including phenoxy) is 1. The van der Waals surface area contributed by atoms with Gasteiger partial charge in [-0.2, -0.15) is 0 Å². The molecule has 0 amide bonds. The Morgan fingerprint density at radius 1 is 1.47 bits per heavy atom. The standard InChI is InChI=1S/C10H9ClF2O2/c1-5(2)15-10-6(4-14)3-7(12)9(13)8(10)11/h3-5H,1-2H3. The van der Waals surface area contributed by atoms with E-state index in [9.17, 15) is 13.6 Å². The van der Waals surface area contributed by atoms with Gasteiger partial charge in [0.2, 0.25) is 0 Å². The molecule has 0 aromatic heterocycles. The first-order valence-corrected chi connectivity index (χ1v) is 4.64. The molecule has 0 spiro atoms. The Balaban J connectivity index is 3.33. The number of hydrogen-bond donors (Lipinski definition) is 0. The summed E-state index contributed by atoms with van der Waals surface area (Å²) >= 11 is 5.53. The molecule has 82 valence electrons. The molecule has 0 bridgehead atoms. The molecular formula is C10H9ClF2O2. The quantitative estimate of drug-likeness (QED) is 0.593. The monoisotopic (exact) mass is 234 g/mol. The third-order valence-electron chi connectivity index (χ3n) is 1.63. The minimum Gasteiger partial charge on any atom is -0.489 e. The van der Waals surface area contributed by atoms with Gasteiger partial charge in [0.1, 0.15) is 5.02 Å². The van der Waals surface area contributed by atoms with Gasteiger partial charge in [0, 0.05) is 0 Å². The maximum atomic E-state index is 13.1. The van der Waals surface area contributed by atoms with E-state index in [0.29, 0.717) is 6.29 Å². The van der Waals surface area contributed by atoms with Gasteiger partial charge in [-0.3, -0.25) is 4.79 Å². The second-order valence-electron chi connectivity index (χ2n) is 3.19. The van der Waals surface area contributed by atoms with Gasteiger partial charge in [-0.25, -0.2) is 8.78 Å². The van der Waals surface area contributed by atoms with E-state index in [1.54, 1.807) is 13.8 Å². The predicted molar refractivity (Wildman–Crippen MR) is 52.5 cm³/mol. The highest BCUT2D eigenvalue weighted by Crippen LogP contribution is 2.32. The largest absolute Gasteiger partial charge is 0.489 e. The zero-order valence-electron chi connectivity index (χ0n) is 8.18. The van der Waals surface area contributed by atoms with Gasteiger partial charge in [0.15, 0.2) is 23.7 Å². The number of hydrogen-bond acceptors (Lipinski definition) is 2. The molecule has 0 radical (unpaired) electrons. The molecule has 0 saturated carbocycles. The van der Waals surface area contributed by atoms with Gasteiger partial charge >= 0.3 is 0 Å². The van der Waals surface area contributed by atoms with Crippen molar-refractivity contribution in [2.24, 2.45) is 0 Å². The van der Waals surface area contributed by atoms with Crippen molar-refractivity contribution in [3.8, 4) is 5.75 Å². The van der Waals surface area contributed by atoms with Crippen LogP contribution in [-0.2, 0) is 0 Å². The summed E-state index contributed by atoms with van der Waals surface area (Å²) in [6, 6.07) is 0.756. The second-order valence-corrected chi connectivity index (χ2v) is 3.57. The number of aldehydes is 1. The normalized spacial score (nSPS) is 10.5. The van der Waals surface area contributed by atoms with Crippen molar-refractivity contribution >= 4 is 17.9 Å². The highest BCUT2D eigenvalue weighted by molar-refractivity contribution is 6.32. The topological polar surface area (TPSA) is 26.3 Å². The predicted octanol–water partition coefficient (Wildman–Crippen LogP) is 3.22. The molecule has 0 heterocycles. The van der Waals surface area contributed by atoms with Gasteiger partial charge in [0.25, 0.3) is 0 Å². The fourth-order valence-electron chi connectivity index (χ4n) is 1.04. The van der Waals surface area contributed by atoms with Gasteiger partial charge < -0.3 is 4.74 Å². The van der Waals surface area contributed by atoms with Crippen LogP contribution in [-0.4, -0.2) is 12.4 Å². The van der Waals surface area contributed by atoms with E-state index >= 15 is 0 Å². The Morgan fingerprint density at radius 3 is 2.53 bits per heavy atom. The Morgan fingerprint density at radius 2 is 2.07 bits per heavy atom. The number of carbonyl (C=O) groups excluding carboxylic acids is 1. The Labute approximate surface area is 90.8 Å². The van der Waals surface area contributed by atoms with Crippen LogP contribution in [0.5, 0.6) is 5.75 Å². The zero-order chi connectivity index (χ0) is 11.6. The molecule has 1 rings (SSSR count). The van der Waals surface area contributed by atoms with Crippen molar-refractivity contribution in [3.05, 3.63) is 28.3 Å². The number of rotatable bonds is 3. The lowest BCUT2D eigenvalue weighted by Gasteiger charge is -2.13. The highest BCUT2D eigenvalue weighted by Gasteiger charge is 2.18. The van der Waals surface area contributed by atoms with Crippen molar-refractivity contribution in [2.45, 2.75) is 20.0 Å². The lowest BCUT2D eigenvalue weighted by Crippen LogP contribution is -2.09. The van der Waals surface area contributed by atoms with Crippen molar-refractivity contribution in [1.82, 2.24) is 0 Å². The van der Waals surface area contributed by atoms with Crippen LogP contribution in [0.2, 0.25) is 5.02 Å². The van der Waals surface area contributed by atoms with E-state index in [4.69, 9.17) is 16.3 Å². The van der Waals surface area contributed by atoms with Crippen molar-refractivity contribution in [2.75, 3.05) is 0 Å².